The molecule has 9 nitrogen and oxygen atoms in total. The van der Waals surface area contributed by atoms with Gasteiger partial charge in [-0.15, -0.1) is 0 Å². The van der Waals surface area contributed by atoms with Crippen LogP contribution in [-0.4, -0.2) is 87.5 Å². The van der Waals surface area contributed by atoms with E-state index in [-0.39, 0.29) is 18.9 Å². The minimum atomic E-state index is -1.57. The van der Waals surface area contributed by atoms with Crippen LogP contribution in [0.2, 0.25) is 0 Å². The van der Waals surface area contributed by atoms with Gasteiger partial charge in [0, 0.05) is 6.42 Å². The number of carbonyl (C=O) groups is 1. The summed E-state index contributed by atoms with van der Waals surface area (Å²) in [5, 5.41) is 54.4. The van der Waals surface area contributed by atoms with E-state index in [0.29, 0.717) is 12.8 Å². The van der Waals surface area contributed by atoms with Gasteiger partial charge in [0.05, 0.1) is 25.4 Å². The predicted molar refractivity (Wildman–Crippen MR) is 272 cm³/mol. The van der Waals surface area contributed by atoms with E-state index in [4.69, 9.17) is 9.47 Å². The van der Waals surface area contributed by atoms with Crippen LogP contribution in [0.25, 0.3) is 0 Å². The second kappa shape index (κ2) is 45.7. The fourth-order valence-corrected chi connectivity index (χ4v) is 8.41. The molecule has 9 heteroatoms. The van der Waals surface area contributed by atoms with Crippen LogP contribution < -0.4 is 5.32 Å². The van der Waals surface area contributed by atoms with Gasteiger partial charge in [0.2, 0.25) is 5.91 Å². The molecule has 7 atom stereocenters. The average molecular weight is 916 g/mol. The van der Waals surface area contributed by atoms with Crippen LogP contribution in [0, 0.1) is 0 Å². The molecule has 1 heterocycles. The molecule has 6 N–H and O–H groups in total. The maximum absolute atomic E-state index is 12.9. The zero-order valence-corrected chi connectivity index (χ0v) is 41.7. The Morgan fingerprint density at radius 2 is 0.892 bits per heavy atom. The first-order valence-corrected chi connectivity index (χ1v) is 27.0. The highest BCUT2D eigenvalue weighted by molar-refractivity contribution is 5.77. The zero-order chi connectivity index (χ0) is 47.3. The summed E-state index contributed by atoms with van der Waals surface area (Å²) in [6.45, 7) is 3.67. The molecule has 0 bridgehead atoms. The van der Waals surface area contributed by atoms with Crippen LogP contribution in [0.15, 0.2) is 60.8 Å². The lowest BCUT2D eigenvalue weighted by molar-refractivity contribution is -0.302. The van der Waals surface area contributed by atoms with Crippen molar-refractivity contribution in [2.75, 3.05) is 13.2 Å². The van der Waals surface area contributed by atoms with Crippen molar-refractivity contribution in [1.82, 2.24) is 5.32 Å². The summed E-state index contributed by atoms with van der Waals surface area (Å²) < 4.78 is 11.2. The summed E-state index contributed by atoms with van der Waals surface area (Å²) >= 11 is 0. The van der Waals surface area contributed by atoms with Gasteiger partial charge in [0.15, 0.2) is 6.29 Å². The van der Waals surface area contributed by atoms with Gasteiger partial charge in [-0.3, -0.25) is 4.79 Å². The van der Waals surface area contributed by atoms with Gasteiger partial charge in [-0.05, 0) is 38.5 Å². The third-order valence-corrected chi connectivity index (χ3v) is 12.7. The van der Waals surface area contributed by atoms with E-state index < -0.39 is 49.5 Å². The van der Waals surface area contributed by atoms with E-state index in [9.17, 15) is 30.3 Å². The number of unbranched alkanes of at least 4 members (excludes halogenated alkanes) is 26. The third kappa shape index (κ3) is 35.7. The van der Waals surface area contributed by atoms with Crippen LogP contribution in [0.3, 0.4) is 0 Å². The lowest BCUT2D eigenvalue weighted by Crippen LogP contribution is -2.60. The van der Waals surface area contributed by atoms with Gasteiger partial charge in [0.25, 0.3) is 0 Å². The number of ether oxygens (including phenoxy) is 2. The van der Waals surface area contributed by atoms with Gasteiger partial charge in [-0.1, -0.05) is 248 Å². The molecule has 0 saturated carbocycles. The molecule has 1 saturated heterocycles. The number of nitrogens with one attached hydrogen (secondary N) is 1. The number of rotatable bonds is 45. The SMILES string of the molecule is CC/C=C\C/C=C\C/C=C\C/C=C\C/C=C\CC(=O)NC(COC1OC(CO)C(O)C(O)C1O)C(O)CCCCCCCCCCCCCCCCCCCCCCCCCCCCC. The Hall–Kier alpha value is -2.11. The standard InChI is InChI=1S/C56H101NO8/c1-3-5-7-9-11-13-15-17-19-20-21-22-23-24-25-26-27-28-29-30-32-33-35-37-39-41-43-45-50(59)49(48-64-56-55(63)54(62)53(61)51(47-58)65-56)57-52(60)46-44-42-40-38-36-34-31-18-16-14-12-10-8-6-4-2/h6,8,12,14,18,31,36,38,42,44,49-51,53-56,58-59,61-63H,3-5,7,9-11,13,15-17,19-30,32-35,37,39-41,43,45-48H2,1-2H3,(H,57,60)/b8-6-,14-12-,31-18-,38-36-,44-42-. The van der Waals surface area contributed by atoms with Crippen LogP contribution in [0.4, 0.5) is 0 Å². The molecule has 65 heavy (non-hydrogen) atoms. The summed E-state index contributed by atoms with van der Waals surface area (Å²) in [6.07, 6.45) is 54.3. The van der Waals surface area contributed by atoms with Crippen molar-refractivity contribution < 1.29 is 39.8 Å². The molecule has 1 rings (SSSR count). The lowest BCUT2D eigenvalue weighted by Gasteiger charge is -2.40. The molecule has 0 aromatic rings. The molecule has 0 aliphatic carbocycles. The molecule has 0 spiro atoms. The minimum Gasteiger partial charge on any atom is -0.394 e. The zero-order valence-electron chi connectivity index (χ0n) is 41.7. The van der Waals surface area contributed by atoms with Gasteiger partial charge >= 0.3 is 0 Å². The Balaban J connectivity index is 2.23. The number of aliphatic hydroxyl groups excluding tert-OH is 5. The molecule has 0 aromatic heterocycles. The minimum absolute atomic E-state index is 0.135. The molecule has 0 radical (unpaired) electrons. The van der Waals surface area contributed by atoms with Gasteiger partial charge < -0.3 is 40.3 Å². The number of hydrogen-bond donors (Lipinski definition) is 6. The normalized spacial score (nSPS) is 20.4. The van der Waals surface area contributed by atoms with Gasteiger partial charge in [-0.2, -0.15) is 0 Å². The Kier molecular flexibility index (Phi) is 42.8. The highest BCUT2D eigenvalue weighted by Crippen LogP contribution is 2.23. The first kappa shape index (κ1) is 60.9. The van der Waals surface area contributed by atoms with Crippen LogP contribution in [-0.2, 0) is 14.3 Å². The van der Waals surface area contributed by atoms with Crippen molar-refractivity contribution in [2.24, 2.45) is 0 Å². The summed E-state index contributed by atoms with van der Waals surface area (Å²) in [6, 6.07) is -0.776. The van der Waals surface area contributed by atoms with E-state index in [2.05, 4.69) is 67.8 Å². The summed E-state index contributed by atoms with van der Waals surface area (Å²) in [7, 11) is 0. The molecular weight excluding hydrogens is 815 g/mol. The fraction of sp³-hybridized carbons (Fsp3) is 0.804. The van der Waals surface area contributed by atoms with Crippen molar-refractivity contribution in [1.29, 1.82) is 0 Å². The van der Waals surface area contributed by atoms with Crippen molar-refractivity contribution in [3.05, 3.63) is 60.8 Å². The van der Waals surface area contributed by atoms with E-state index in [0.717, 1.165) is 44.9 Å². The van der Waals surface area contributed by atoms with Crippen molar-refractivity contribution in [3.8, 4) is 0 Å². The summed E-state index contributed by atoms with van der Waals surface area (Å²) in [5.74, 6) is -0.270. The molecule has 1 aliphatic rings. The monoisotopic (exact) mass is 916 g/mol. The maximum Gasteiger partial charge on any atom is 0.224 e. The van der Waals surface area contributed by atoms with Crippen molar-refractivity contribution in [3.63, 3.8) is 0 Å². The molecule has 0 aromatic carbocycles. The molecule has 1 aliphatic heterocycles. The number of amides is 1. The van der Waals surface area contributed by atoms with Crippen molar-refractivity contribution in [2.45, 2.75) is 275 Å². The third-order valence-electron chi connectivity index (χ3n) is 12.7. The van der Waals surface area contributed by atoms with E-state index in [1.165, 1.54) is 154 Å². The van der Waals surface area contributed by atoms with Crippen LogP contribution >= 0.6 is 0 Å². The highest BCUT2D eigenvalue weighted by atomic mass is 16.7. The van der Waals surface area contributed by atoms with E-state index in [1.54, 1.807) is 6.08 Å². The number of aliphatic hydroxyl groups is 5. The Morgan fingerprint density at radius 1 is 0.523 bits per heavy atom. The molecular formula is C56H101NO8. The summed E-state index contributed by atoms with van der Waals surface area (Å²) in [5.41, 5.74) is 0. The van der Waals surface area contributed by atoms with E-state index >= 15 is 0 Å². The Labute approximate surface area is 398 Å². The number of allylic oxidation sites excluding steroid dienone is 9. The number of hydrogen-bond acceptors (Lipinski definition) is 8. The Morgan fingerprint density at radius 3 is 1.28 bits per heavy atom. The van der Waals surface area contributed by atoms with Crippen LogP contribution in [0.5, 0.6) is 0 Å². The maximum atomic E-state index is 12.9. The number of carbonyl (C=O) groups excluding carboxylic acids is 1. The molecule has 1 fully saturated rings. The fourth-order valence-electron chi connectivity index (χ4n) is 8.41. The predicted octanol–water partition coefficient (Wildman–Crippen LogP) is 12.7. The average Bonchev–Trinajstić information content (AvgIpc) is 3.31. The second-order valence-electron chi connectivity index (χ2n) is 18.7. The van der Waals surface area contributed by atoms with Gasteiger partial charge in [-0.25, -0.2) is 0 Å². The topological polar surface area (TPSA) is 149 Å². The summed E-state index contributed by atoms with van der Waals surface area (Å²) in [4.78, 5) is 12.9. The first-order chi connectivity index (χ1) is 31.8. The highest BCUT2D eigenvalue weighted by Gasteiger charge is 2.44. The van der Waals surface area contributed by atoms with Gasteiger partial charge in [0.1, 0.15) is 24.4 Å². The second-order valence-corrected chi connectivity index (χ2v) is 18.7. The largest absolute Gasteiger partial charge is 0.394 e. The Bertz CT molecular complexity index is 1200. The molecule has 1 amide bonds. The smallest absolute Gasteiger partial charge is 0.224 e. The quantitative estimate of drug-likeness (QED) is 0.0261. The lowest BCUT2D eigenvalue weighted by atomic mass is 9.99. The molecule has 378 valence electrons. The van der Waals surface area contributed by atoms with Crippen LogP contribution in [0.1, 0.15) is 232 Å². The van der Waals surface area contributed by atoms with E-state index in [1.807, 2.05) is 6.08 Å². The molecule has 7 unspecified atom stereocenters. The first-order valence-electron chi connectivity index (χ1n) is 27.0. The van der Waals surface area contributed by atoms with Crippen molar-refractivity contribution >= 4 is 5.91 Å².